The molecule has 1 aromatic rings. The van der Waals surface area contributed by atoms with Gasteiger partial charge in [0.05, 0.1) is 22.0 Å². The van der Waals surface area contributed by atoms with Crippen LogP contribution in [0.25, 0.3) is 0 Å². The molecular formula is C19H28N2O7S2. The van der Waals surface area contributed by atoms with E-state index in [1.165, 1.54) is 11.0 Å². The maximum absolute atomic E-state index is 12.7. The van der Waals surface area contributed by atoms with Crippen LogP contribution in [0.1, 0.15) is 47.7 Å². The summed E-state index contributed by atoms with van der Waals surface area (Å²) in [5.41, 5.74) is 0.942. The molecule has 2 rings (SSSR count). The Hall–Kier alpha value is -1.98. The number of esters is 1. The van der Waals surface area contributed by atoms with E-state index in [0.29, 0.717) is 30.5 Å². The van der Waals surface area contributed by atoms with Crippen LogP contribution in [-0.4, -0.2) is 64.3 Å². The van der Waals surface area contributed by atoms with Crippen molar-refractivity contribution in [1.29, 1.82) is 0 Å². The van der Waals surface area contributed by atoms with E-state index in [4.69, 9.17) is 9.88 Å². The number of carbonyl (C=O) groups excluding carboxylic acids is 2. The highest BCUT2D eigenvalue weighted by atomic mass is 32.2. The van der Waals surface area contributed by atoms with Gasteiger partial charge in [0.1, 0.15) is 0 Å². The molecular weight excluding hydrogens is 432 g/mol. The highest BCUT2D eigenvalue weighted by molar-refractivity contribution is 7.91. The number of aryl methyl sites for hydroxylation is 1. The summed E-state index contributed by atoms with van der Waals surface area (Å²) in [5, 5.41) is 5.21. The predicted octanol–water partition coefficient (Wildman–Crippen LogP) is 0.923. The molecule has 0 saturated carbocycles. The van der Waals surface area contributed by atoms with E-state index in [1.807, 2.05) is 6.92 Å². The van der Waals surface area contributed by atoms with Gasteiger partial charge in [-0.3, -0.25) is 4.79 Å². The molecule has 1 aromatic carbocycles. The summed E-state index contributed by atoms with van der Waals surface area (Å²) in [5.74, 6) is -1.39. The minimum Gasteiger partial charge on any atom is -0.452 e. The fourth-order valence-corrected chi connectivity index (χ4v) is 6.00. The van der Waals surface area contributed by atoms with Crippen molar-refractivity contribution in [1.82, 2.24) is 4.90 Å². The fraction of sp³-hybridized carbons (Fsp3) is 0.579. The third-order valence-corrected chi connectivity index (χ3v) is 8.00. The zero-order valence-electron chi connectivity index (χ0n) is 17.4. The lowest BCUT2D eigenvalue weighted by Gasteiger charge is -2.28. The molecule has 1 saturated heterocycles. The largest absolute Gasteiger partial charge is 0.452 e. The summed E-state index contributed by atoms with van der Waals surface area (Å²) >= 11 is 0. The molecule has 30 heavy (non-hydrogen) atoms. The van der Waals surface area contributed by atoms with Crippen LogP contribution in [-0.2, 0) is 29.4 Å². The highest BCUT2D eigenvalue weighted by Gasteiger charge is 2.34. The minimum absolute atomic E-state index is 0.0292. The van der Waals surface area contributed by atoms with Gasteiger partial charge in [-0.2, -0.15) is 0 Å². The second-order valence-electron chi connectivity index (χ2n) is 7.53. The summed E-state index contributed by atoms with van der Waals surface area (Å²) in [7, 11) is -7.20. The van der Waals surface area contributed by atoms with E-state index in [0.717, 1.165) is 12.5 Å². The summed E-state index contributed by atoms with van der Waals surface area (Å²) in [6.45, 7) is 4.99. The van der Waals surface area contributed by atoms with Gasteiger partial charge in [-0.15, -0.1) is 0 Å². The van der Waals surface area contributed by atoms with E-state index in [1.54, 1.807) is 13.8 Å². The Balaban J connectivity index is 2.13. The average molecular weight is 461 g/mol. The molecule has 1 fully saturated rings. The maximum Gasteiger partial charge on any atom is 0.338 e. The summed E-state index contributed by atoms with van der Waals surface area (Å²) in [4.78, 5) is 26.4. The van der Waals surface area contributed by atoms with Crippen molar-refractivity contribution in [3.63, 3.8) is 0 Å². The molecule has 1 unspecified atom stereocenters. The summed E-state index contributed by atoms with van der Waals surface area (Å²) in [6, 6.07) is 2.17. The number of carbonyl (C=O) groups is 2. The van der Waals surface area contributed by atoms with Crippen molar-refractivity contribution in [2.75, 3.05) is 24.7 Å². The molecule has 1 heterocycles. The topological polar surface area (TPSA) is 141 Å². The number of nitrogens with two attached hydrogens (primary N) is 1. The quantitative estimate of drug-likeness (QED) is 0.569. The molecule has 0 radical (unpaired) electrons. The molecule has 2 N–H and O–H groups in total. The number of benzene rings is 1. The van der Waals surface area contributed by atoms with Crippen LogP contribution >= 0.6 is 0 Å². The van der Waals surface area contributed by atoms with Gasteiger partial charge >= 0.3 is 5.97 Å². The Morgan fingerprint density at radius 3 is 2.47 bits per heavy atom. The first-order chi connectivity index (χ1) is 13.9. The van der Waals surface area contributed by atoms with Gasteiger partial charge in [-0.25, -0.2) is 26.8 Å². The number of nitrogens with zero attached hydrogens (tertiary/aromatic N) is 1. The van der Waals surface area contributed by atoms with E-state index in [9.17, 15) is 26.4 Å². The monoisotopic (exact) mass is 460 g/mol. The van der Waals surface area contributed by atoms with Crippen molar-refractivity contribution < 1.29 is 31.2 Å². The third kappa shape index (κ3) is 6.02. The van der Waals surface area contributed by atoms with Gasteiger partial charge in [0.15, 0.2) is 16.4 Å². The average Bonchev–Trinajstić information content (AvgIpc) is 3.00. The van der Waals surface area contributed by atoms with E-state index in [2.05, 4.69) is 0 Å². The van der Waals surface area contributed by atoms with Crippen LogP contribution in [0.5, 0.6) is 0 Å². The highest BCUT2D eigenvalue weighted by Crippen LogP contribution is 2.21. The minimum atomic E-state index is -4.03. The summed E-state index contributed by atoms with van der Waals surface area (Å²) < 4.78 is 52.2. The van der Waals surface area contributed by atoms with Gasteiger partial charge in [0.25, 0.3) is 5.91 Å². The predicted molar refractivity (Wildman–Crippen MR) is 111 cm³/mol. The molecule has 1 aliphatic rings. The van der Waals surface area contributed by atoms with E-state index < -0.39 is 44.4 Å². The van der Waals surface area contributed by atoms with Crippen LogP contribution in [0.15, 0.2) is 17.0 Å². The number of primary sulfonamides is 1. The Labute approximate surface area is 177 Å². The lowest BCUT2D eigenvalue weighted by Crippen LogP contribution is -2.43. The third-order valence-electron chi connectivity index (χ3n) is 5.21. The maximum atomic E-state index is 12.7. The first-order valence-electron chi connectivity index (χ1n) is 9.66. The van der Waals surface area contributed by atoms with Crippen LogP contribution < -0.4 is 5.14 Å². The van der Waals surface area contributed by atoms with Crippen LogP contribution in [0.4, 0.5) is 0 Å². The van der Waals surface area contributed by atoms with Gasteiger partial charge in [-0.1, -0.05) is 13.3 Å². The number of ether oxygens (including phenoxy) is 1. The van der Waals surface area contributed by atoms with Gasteiger partial charge < -0.3 is 9.64 Å². The Morgan fingerprint density at radius 2 is 1.93 bits per heavy atom. The standard InChI is InChI=1S/C19H28N2O7S2/c1-4-5-7-21(16-6-8-29(24,25)12-16)18(22)11-28-19(23)15-9-13(2)14(3)17(10-15)30(20,26)27/h9-10,16H,4-8,11-12H2,1-3H3,(H2,20,26,27). The van der Waals surface area contributed by atoms with E-state index >= 15 is 0 Å². The Morgan fingerprint density at radius 1 is 1.27 bits per heavy atom. The number of rotatable bonds is 8. The number of unbranched alkanes of at least 4 members (excludes halogenated alkanes) is 1. The van der Waals surface area contributed by atoms with Crippen molar-refractivity contribution in [2.45, 2.75) is 51.0 Å². The van der Waals surface area contributed by atoms with Crippen molar-refractivity contribution >= 4 is 31.7 Å². The lowest BCUT2D eigenvalue weighted by atomic mass is 10.1. The molecule has 1 amide bonds. The zero-order chi connectivity index (χ0) is 22.7. The van der Waals surface area contributed by atoms with Crippen molar-refractivity contribution in [2.24, 2.45) is 5.14 Å². The summed E-state index contributed by atoms with van der Waals surface area (Å²) in [6.07, 6.45) is 1.88. The zero-order valence-corrected chi connectivity index (χ0v) is 19.0. The fourth-order valence-electron chi connectivity index (χ4n) is 3.39. The van der Waals surface area contributed by atoms with E-state index in [-0.39, 0.29) is 22.0 Å². The van der Waals surface area contributed by atoms with Crippen LogP contribution in [0.3, 0.4) is 0 Å². The molecule has 0 bridgehead atoms. The normalized spacial score (nSPS) is 18.2. The lowest BCUT2D eigenvalue weighted by molar-refractivity contribution is -0.136. The molecule has 1 atom stereocenters. The Kier molecular flexibility index (Phi) is 7.64. The number of hydrogen-bond donors (Lipinski definition) is 1. The number of hydrogen-bond acceptors (Lipinski definition) is 7. The first-order valence-corrected chi connectivity index (χ1v) is 13.0. The van der Waals surface area contributed by atoms with Crippen molar-refractivity contribution in [3.8, 4) is 0 Å². The van der Waals surface area contributed by atoms with Crippen LogP contribution in [0, 0.1) is 13.8 Å². The van der Waals surface area contributed by atoms with Gasteiger partial charge in [0.2, 0.25) is 10.0 Å². The molecule has 0 aliphatic carbocycles. The van der Waals surface area contributed by atoms with Gasteiger partial charge in [-0.05, 0) is 49.9 Å². The smallest absolute Gasteiger partial charge is 0.338 e. The number of sulfonamides is 1. The Bertz CT molecular complexity index is 1030. The number of sulfone groups is 1. The second kappa shape index (κ2) is 9.44. The molecule has 9 nitrogen and oxygen atoms in total. The van der Waals surface area contributed by atoms with Crippen molar-refractivity contribution in [3.05, 3.63) is 28.8 Å². The van der Waals surface area contributed by atoms with Gasteiger partial charge in [0, 0.05) is 12.6 Å². The second-order valence-corrected chi connectivity index (χ2v) is 11.3. The number of amides is 1. The molecule has 0 aromatic heterocycles. The SMILES string of the molecule is CCCCN(C(=O)COC(=O)c1cc(C)c(C)c(S(N)(=O)=O)c1)C1CCS(=O)(=O)C1. The molecule has 168 valence electrons. The molecule has 0 spiro atoms. The molecule has 1 aliphatic heterocycles. The first kappa shape index (κ1) is 24.3. The molecule has 11 heteroatoms. The van der Waals surface area contributed by atoms with Crippen LogP contribution in [0.2, 0.25) is 0 Å².